The van der Waals surface area contributed by atoms with Crippen LogP contribution >= 0.6 is 11.6 Å². The minimum Gasteiger partial charge on any atom is -0.348 e. The zero-order chi connectivity index (χ0) is 20.8. The standard InChI is InChI=1S/C21H24ClFN4O2/c1-14(15-2-5-18(23)6-3-15)25-20(28)13-27-10-8-16(9-11-27)21(29)26-19-7-4-17(22)12-24-19/h2-7,12,14,16H,8-11,13H2,1H3,(H,25,28)(H,24,26,29). The van der Waals surface area contributed by atoms with Crippen LogP contribution in [0.15, 0.2) is 42.6 Å². The van der Waals surface area contributed by atoms with E-state index < -0.39 is 0 Å². The SMILES string of the molecule is CC(NC(=O)CN1CCC(C(=O)Nc2ccc(Cl)cn2)CC1)c1ccc(F)cc1. The topological polar surface area (TPSA) is 74.3 Å². The van der Waals surface area contributed by atoms with E-state index in [9.17, 15) is 14.0 Å². The normalized spacial score (nSPS) is 16.2. The lowest BCUT2D eigenvalue weighted by Crippen LogP contribution is -2.43. The summed E-state index contributed by atoms with van der Waals surface area (Å²) in [6.45, 7) is 3.49. The number of anilines is 1. The molecule has 0 aliphatic carbocycles. The molecule has 0 bridgehead atoms. The minimum absolute atomic E-state index is 0.0612. The Kier molecular flexibility index (Phi) is 7.17. The number of nitrogens with zero attached hydrogens (tertiary/aromatic N) is 2. The number of amides is 2. The van der Waals surface area contributed by atoms with Gasteiger partial charge in [-0.25, -0.2) is 9.37 Å². The molecule has 2 aromatic rings. The number of carbonyl (C=O) groups is 2. The summed E-state index contributed by atoms with van der Waals surface area (Å²) in [5, 5.41) is 6.26. The minimum atomic E-state index is -0.300. The van der Waals surface area contributed by atoms with Crippen LogP contribution in [0.25, 0.3) is 0 Å². The predicted molar refractivity (Wildman–Crippen MR) is 110 cm³/mol. The van der Waals surface area contributed by atoms with Crippen LogP contribution in [0.3, 0.4) is 0 Å². The van der Waals surface area contributed by atoms with Crippen LogP contribution < -0.4 is 10.6 Å². The van der Waals surface area contributed by atoms with E-state index in [1.165, 1.54) is 18.3 Å². The Hall–Kier alpha value is -2.51. The predicted octanol–water partition coefficient (Wildman–Crippen LogP) is 3.40. The Labute approximate surface area is 174 Å². The average Bonchev–Trinajstić information content (AvgIpc) is 2.70. The second-order valence-electron chi connectivity index (χ2n) is 7.24. The average molecular weight is 419 g/mol. The van der Waals surface area contributed by atoms with Crippen molar-refractivity contribution in [1.29, 1.82) is 0 Å². The smallest absolute Gasteiger partial charge is 0.234 e. The molecule has 2 N–H and O–H groups in total. The molecule has 1 aliphatic heterocycles. The number of piperidine rings is 1. The van der Waals surface area contributed by atoms with Crippen molar-refractivity contribution in [3.8, 4) is 0 Å². The van der Waals surface area contributed by atoms with Crippen LogP contribution in [0.4, 0.5) is 10.2 Å². The van der Waals surface area contributed by atoms with Gasteiger partial charge in [-0.2, -0.15) is 0 Å². The Morgan fingerprint density at radius 3 is 2.52 bits per heavy atom. The lowest BCUT2D eigenvalue weighted by molar-refractivity contribution is -0.124. The molecular weight excluding hydrogens is 395 g/mol. The number of benzene rings is 1. The van der Waals surface area contributed by atoms with Gasteiger partial charge in [0.2, 0.25) is 11.8 Å². The summed E-state index contributed by atoms with van der Waals surface area (Å²) in [7, 11) is 0. The van der Waals surface area contributed by atoms with Crippen LogP contribution in [0, 0.1) is 11.7 Å². The first-order chi connectivity index (χ1) is 13.9. The van der Waals surface area contributed by atoms with Gasteiger partial charge >= 0.3 is 0 Å². The molecular formula is C21H24ClFN4O2. The van der Waals surface area contributed by atoms with Crippen molar-refractivity contribution >= 4 is 29.2 Å². The fourth-order valence-electron chi connectivity index (χ4n) is 3.36. The third-order valence-corrected chi connectivity index (χ3v) is 5.28. The van der Waals surface area contributed by atoms with E-state index >= 15 is 0 Å². The largest absolute Gasteiger partial charge is 0.348 e. The van der Waals surface area contributed by atoms with Gasteiger partial charge < -0.3 is 10.6 Å². The van der Waals surface area contributed by atoms with Crippen molar-refractivity contribution in [3.63, 3.8) is 0 Å². The van der Waals surface area contributed by atoms with Gasteiger partial charge in [0.1, 0.15) is 11.6 Å². The number of likely N-dealkylation sites (tertiary alicyclic amines) is 1. The Morgan fingerprint density at radius 2 is 1.90 bits per heavy atom. The molecule has 1 saturated heterocycles. The highest BCUT2D eigenvalue weighted by molar-refractivity contribution is 6.30. The molecule has 1 aromatic heterocycles. The maximum atomic E-state index is 13.0. The number of hydrogen-bond donors (Lipinski definition) is 2. The second kappa shape index (κ2) is 9.80. The Bertz CT molecular complexity index is 837. The van der Waals surface area contributed by atoms with Crippen LogP contribution in [-0.2, 0) is 9.59 Å². The molecule has 0 spiro atoms. The Balaban J connectivity index is 1.41. The molecule has 29 heavy (non-hydrogen) atoms. The molecule has 3 rings (SSSR count). The number of hydrogen-bond acceptors (Lipinski definition) is 4. The highest BCUT2D eigenvalue weighted by Crippen LogP contribution is 2.20. The molecule has 1 unspecified atom stereocenters. The highest BCUT2D eigenvalue weighted by Gasteiger charge is 2.26. The first kappa shape index (κ1) is 21.2. The van der Waals surface area contributed by atoms with Crippen molar-refractivity contribution < 1.29 is 14.0 Å². The quantitative estimate of drug-likeness (QED) is 0.754. The first-order valence-electron chi connectivity index (χ1n) is 9.60. The van der Waals surface area contributed by atoms with Gasteiger partial charge in [0.15, 0.2) is 0 Å². The number of aromatic nitrogens is 1. The summed E-state index contributed by atoms with van der Waals surface area (Å²) >= 11 is 5.80. The monoisotopic (exact) mass is 418 g/mol. The highest BCUT2D eigenvalue weighted by atomic mass is 35.5. The van der Waals surface area contributed by atoms with Crippen molar-refractivity contribution in [3.05, 3.63) is 59.0 Å². The fourth-order valence-corrected chi connectivity index (χ4v) is 3.47. The van der Waals surface area contributed by atoms with Gasteiger partial charge in [0.05, 0.1) is 17.6 Å². The van der Waals surface area contributed by atoms with Gasteiger partial charge in [-0.3, -0.25) is 14.5 Å². The summed E-state index contributed by atoms with van der Waals surface area (Å²) in [6, 6.07) is 9.25. The zero-order valence-corrected chi connectivity index (χ0v) is 17.0. The molecule has 2 heterocycles. The van der Waals surface area contributed by atoms with E-state index in [2.05, 4.69) is 15.6 Å². The molecule has 1 aromatic carbocycles. The number of halogens is 2. The molecule has 8 heteroatoms. The number of carbonyl (C=O) groups excluding carboxylic acids is 2. The molecule has 2 amide bonds. The molecule has 1 fully saturated rings. The maximum absolute atomic E-state index is 13.0. The summed E-state index contributed by atoms with van der Waals surface area (Å²) in [4.78, 5) is 30.8. The first-order valence-corrected chi connectivity index (χ1v) is 9.98. The zero-order valence-electron chi connectivity index (χ0n) is 16.2. The summed E-state index contributed by atoms with van der Waals surface area (Å²) in [6.07, 6.45) is 2.85. The van der Waals surface area contributed by atoms with Crippen LogP contribution in [0.5, 0.6) is 0 Å². The number of rotatable bonds is 6. The summed E-state index contributed by atoms with van der Waals surface area (Å²) < 4.78 is 13.0. The van der Waals surface area contributed by atoms with E-state index in [1.807, 2.05) is 11.8 Å². The van der Waals surface area contributed by atoms with Crippen molar-refractivity contribution in [2.75, 3.05) is 25.0 Å². The van der Waals surface area contributed by atoms with Crippen LogP contribution in [0.2, 0.25) is 5.02 Å². The molecule has 0 saturated carbocycles. The van der Waals surface area contributed by atoms with Crippen molar-refractivity contribution in [1.82, 2.24) is 15.2 Å². The lowest BCUT2D eigenvalue weighted by atomic mass is 9.96. The van der Waals surface area contributed by atoms with Crippen molar-refractivity contribution in [2.45, 2.75) is 25.8 Å². The van der Waals surface area contributed by atoms with E-state index in [-0.39, 0.29) is 36.1 Å². The molecule has 154 valence electrons. The van der Waals surface area contributed by atoms with E-state index in [0.29, 0.717) is 36.8 Å². The van der Waals surface area contributed by atoms with E-state index in [1.54, 1.807) is 24.3 Å². The lowest BCUT2D eigenvalue weighted by Gasteiger charge is -2.31. The number of nitrogens with one attached hydrogen (secondary N) is 2. The van der Waals surface area contributed by atoms with Crippen molar-refractivity contribution in [2.24, 2.45) is 5.92 Å². The van der Waals surface area contributed by atoms with Gasteiger partial charge in [-0.1, -0.05) is 23.7 Å². The van der Waals surface area contributed by atoms with Crippen LogP contribution in [-0.4, -0.2) is 41.3 Å². The van der Waals surface area contributed by atoms with Gasteiger partial charge in [-0.05, 0) is 62.7 Å². The van der Waals surface area contributed by atoms with Gasteiger partial charge in [0.25, 0.3) is 0 Å². The maximum Gasteiger partial charge on any atom is 0.234 e. The third kappa shape index (κ3) is 6.24. The Morgan fingerprint density at radius 1 is 1.21 bits per heavy atom. The molecule has 6 nitrogen and oxygen atoms in total. The summed E-state index contributed by atoms with van der Waals surface area (Å²) in [5.41, 5.74) is 0.853. The second-order valence-corrected chi connectivity index (χ2v) is 7.68. The number of pyridine rings is 1. The van der Waals surface area contributed by atoms with E-state index in [4.69, 9.17) is 11.6 Å². The van der Waals surface area contributed by atoms with E-state index in [0.717, 1.165) is 5.56 Å². The molecule has 0 radical (unpaired) electrons. The third-order valence-electron chi connectivity index (χ3n) is 5.05. The molecule has 1 aliphatic rings. The summed E-state index contributed by atoms with van der Waals surface area (Å²) in [5.74, 6) is -0.0732. The van der Waals surface area contributed by atoms with Gasteiger partial charge in [0, 0.05) is 12.1 Å². The fraction of sp³-hybridized carbons (Fsp3) is 0.381. The van der Waals surface area contributed by atoms with Gasteiger partial charge in [-0.15, -0.1) is 0 Å². The van der Waals surface area contributed by atoms with Crippen LogP contribution in [0.1, 0.15) is 31.4 Å². The molecule has 1 atom stereocenters.